The highest BCUT2D eigenvalue weighted by atomic mass is 35.5. The number of hydrogen-bond donors (Lipinski definition) is 2. The topological polar surface area (TPSA) is 49.3 Å². The van der Waals surface area contributed by atoms with Crippen molar-refractivity contribution in [2.75, 3.05) is 13.1 Å². The van der Waals surface area contributed by atoms with Crippen LogP contribution in [-0.4, -0.2) is 24.2 Å². The average Bonchev–Trinajstić information content (AvgIpc) is 2.30. The van der Waals surface area contributed by atoms with E-state index < -0.39 is 5.97 Å². The van der Waals surface area contributed by atoms with Gasteiger partial charge >= 0.3 is 5.97 Å². The van der Waals surface area contributed by atoms with Gasteiger partial charge < -0.3 is 10.4 Å². The third kappa shape index (κ3) is 3.45. The Morgan fingerprint density at radius 3 is 2.53 bits per heavy atom. The second-order valence-electron chi connectivity index (χ2n) is 4.54. The molecule has 0 amide bonds. The molecule has 2 N–H and O–H groups in total. The van der Waals surface area contributed by atoms with E-state index in [9.17, 15) is 4.79 Å². The molecule has 2 unspecified atom stereocenters. The van der Waals surface area contributed by atoms with Crippen LogP contribution in [0.3, 0.4) is 0 Å². The van der Waals surface area contributed by atoms with Crippen molar-refractivity contribution in [2.45, 2.75) is 19.3 Å². The highest BCUT2D eigenvalue weighted by Gasteiger charge is 2.27. The second kappa shape index (κ2) is 6.03. The lowest BCUT2D eigenvalue weighted by Gasteiger charge is -2.28. The van der Waals surface area contributed by atoms with Gasteiger partial charge in [0.15, 0.2) is 0 Å². The molecule has 3 nitrogen and oxygen atoms in total. The lowest BCUT2D eigenvalue weighted by Crippen LogP contribution is -2.38. The van der Waals surface area contributed by atoms with Crippen LogP contribution in [0.25, 0.3) is 0 Å². The van der Waals surface area contributed by atoms with Crippen molar-refractivity contribution in [3.05, 3.63) is 35.4 Å². The van der Waals surface area contributed by atoms with E-state index >= 15 is 0 Å². The van der Waals surface area contributed by atoms with Gasteiger partial charge in [0.25, 0.3) is 0 Å². The van der Waals surface area contributed by atoms with Gasteiger partial charge in [0.2, 0.25) is 0 Å². The summed E-state index contributed by atoms with van der Waals surface area (Å²) in [7, 11) is 0. The SMILES string of the molecule is Cc1ccc(C2CNCC(C(=O)O)C2)cc1.Cl. The summed E-state index contributed by atoms with van der Waals surface area (Å²) in [4.78, 5) is 10.9. The minimum Gasteiger partial charge on any atom is -0.481 e. The van der Waals surface area contributed by atoms with Gasteiger partial charge in [-0.1, -0.05) is 29.8 Å². The standard InChI is InChI=1S/C13H17NO2.ClH/c1-9-2-4-10(5-3-9)11-6-12(13(15)16)8-14-7-11;/h2-5,11-12,14H,6-8H2,1H3,(H,15,16);1H. The molecule has 0 radical (unpaired) electrons. The molecular weight excluding hydrogens is 238 g/mol. The van der Waals surface area contributed by atoms with Crippen LogP contribution in [0.2, 0.25) is 0 Å². The lowest BCUT2D eigenvalue weighted by atomic mass is 9.85. The first kappa shape index (κ1) is 14.0. The van der Waals surface area contributed by atoms with Crippen molar-refractivity contribution in [2.24, 2.45) is 5.92 Å². The van der Waals surface area contributed by atoms with Gasteiger partial charge in [0, 0.05) is 13.1 Å². The fourth-order valence-corrected chi connectivity index (χ4v) is 2.22. The van der Waals surface area contributed by atoms with E-state index in [-0.39, 0.29) is 18.3 Å². The van der Waals surface area contributed by atoms with Crippen LogP contribution in [0, 0.1) is 12.8 Å². The van der Waals surface area contributed by atoms with E-state index in [4.69, 9.17) is 5.11 Å². The van der Waals surface area contributed by atoms with Crippen LogP contribution in [-0.2, 0) is 4.79 Å². The third-order valence-electron chi connectivity index (χ3n) is 3.25. The Labute approximate surface area is 108 Å². The molecule has 1 aliphatic rings. The Bertz CT molecular complexity index is 378. The molecule has 2 rings (SSSR count). The molecule has 0 aliphatic carbocycles. The first-order valence-electron chi connectivity index (χ1n) is 5.67. The van der Waals surface area contributed by atoms with Crippen LogP contribution in [0.1, 0.15) is 23.5 Å². The Morgan fingerprint density at radius 1 is 1.29 bits per heavy atom. The van der Waals surface area contributed by atoms with Crippen LogP contribution in [0.15, 0.2) is 24.3 Å². The number of piperidine rings is 1. The molecule has 2 atom stereocenters. The molecule has 17 heavy (non-hydrogen) atoms. The monoisotopic (exact) mass is 255 g/mol. The number of rotatable bonds is 2. The predicted molar refractivity (Wildman–Crippen MR) is 69.8 cm³/mol. The smallest absolute Gasteiger partial charge is 0.307 e. The maximum Gasteiger partial charge on any atom is 0.307 e. The highest BCUT2D eigenvalue weighted by Crippen LogP contribution is 2.26. The fraction of sp³-hybridized carbons (Fsp3) is 0.462. The van der Waals surface area contributed by atoms with Crippen molar-refractivity contribution in [3.8, 4) is 0 Å². The zero-order valence-electron chi connectivity index (χ0n) is 9.85. The number of benzene rings is 1. The lowest BCUT2D eigenvalue weighted by molar-refractivity contribution is -0.142. The number of carboxylic acids is 1. The number of aryl methyl sites for hydroxylation is 1. The van der Waals surface area contributed by atoms with Gasteiger partial charge in [-0.05, 0) is 24.8 Å². The van der Waals surface area contributed by atoms with Gasteiger partial charge in [-0.25, -0.2) is 0 Å². The Hall–Kier alpha value is -1.06. The number of halogens is 1. The zero-order valence-corrected chi connectivity index (χ0v) is 10.7. The second-order valence-corrected chi connectivity index (χ2v) is 4.54. The van der Waals surface area contributed by atoms with Crippen molar-refractivity contribution in [3.63, 3.8) is 0 Å². The number of carboxylic acid groups (broad SMARTS) is 1. The van der Waals surface area contributed by atoms with E-state index in [2.05, 4.69) is 36.5 Å². The Balaban J connectivity index is 0.00000144. The van der Waals surface area contributed by atoms with Crippen LogP contribution in [0.5, 0.6) is 0 Å². The molecule has 0 saturated carbocycles. The van der Waals surface area contributed by atoms with Crippen molar-refractivity contribution >= 4 is 18.4 Å². The first-order chi connectivity index (χ1) is 7.66. The molecule has 1 fully saturated rings. The minimum absolute atomic E-state index is 0. The molecule has 1 aromatic carbocycles. The molecular formula is C13H18ClNO2. The summed E-state index contributed by atoms with van der Waals surface area (Å²) in [5.74, 6) is -0.611. The summed E-state index contributed by atoms with van der Waals surface area (Å²) >= 11 is 0. The molecule has 1 aliphatic heterocycles. The largest absolute Gasteiger partial charge is 0.481 e. The van der Waals surface area contributed by atoms with Gasteiger partial charge in [-0.2, -0.15) is 0 Å². The van der Waals surface area contributed by atoms with E-state index in [0.29, 0.717) is 12.5 Å². The summed E-state index contributed by atoms with van der Waals surface area (Å²) in [6.45, 7) is 3.54. The quantitative estimate of drug-likeness (QED) is 0.852. The first-order valence-corrected chi connectivity index (χ1v) is 5.67. The zero-order chi connectivity index (χ0) is 11.5. The predicted octanol–water partition coefficient (Wildman–Crippen LogP) is 2.19. The minimum atomic E-state index is -0.690. The molecule has 0 spiro atoms. The normalized spacial score (nSPS) is 23.8. The fourth-order valence-electron chi connectivity index (χ4n) is 2.22. The summed E-state index contributed by atoms with van der Waals surface area (Å²) in [6, 6.07) is 8.37. The van der Waals surface area contributed by atoms with E-state index in [1.807, 2.05) is 0 Å². The number of hydrogen-bond acceptors (Lipinski definition) is 2. The summed E-state index contributed by atoms with van der Waals surface area (Å²) in [5.41, 5.74) is 2.48. The molecule has 1 heterocycles. The molecule has 1 saturated heterocycles. The number of carbonyl (C=O) groups is 1. The molecule has 4 heteroatoms. The van der Waals surface area contributed by atoms with E-state index in [1.165, 1.54) is 11.1 Å². The van der Waals surface area contributed by atoms with E-state index in [1.54, 1.807) is 0 Å². The highest BCUT2D eigenvalue weighted by molar-refractivity contribution is 5.85. The summed E-state index contributed by atoms with van der Waals surface area (Å²) in [5, 5.41) is 12.2. The van der Waals surface area contributed by atoms with Crippen molar-refractivity contribution in [1.82, 2.24) is 5.32 Å². The van der Waals surface area contributed by atoms with Crippen molar-refractivity contribution in [1.29, 1.82) is 0 Å². The number of nitrogens with one attached hydrogen (secondary N) is 1. The number of aliphatic carboxylic acids is 1. The Kier molecular flexibility index (Phi) is 4.97. The molecule has 0 bridgehead atoms. The van der Waals surface area contributed by atoms with Gasteiger partial charge in [-0.3, -0.25) is 4.79 Å². The van der Waals surface area contributed by atoms with Crippen molar-refractivity contribution < 1.29 is 9.90 Å². The van der Waals surface area contributed by atoms with Gasteiger partial charge in [-0.15, -0.1) is 12.4 Å². The van der Waals surface area contributed by atoms with E-state index in [0.717, 1.165) is 13.0 Å². The van der Waals surface area contributed by atoms with Crippen LogP contribution in [0.4, 0.5) is 0 Å². The molecule has 0 aromatic heterocycles. The third-order valence-corrected chi connectivity index (χ3v) is 3.25. The maximum absolute atomic E-state index is 10.9. The summed E-state index contributed by atoms with van der Waals surface area (Å²) in [6.07, 6.45) is 0.741. The molecule has 94 valence electrons. The maximum atomic E-state index is 10.9. The Morgan fingerprint density at radius 2 is 1.94 bits per heavy atom. The average molecular weight is 256 g/mol. The molecule has 1 aromatic rings. The van der Waals surface area contributed by atoms with Crippen LogP contribution < -0.4 is 5.32 Å². The van der Waals surface area contributed by atoms with Gasteiger partial charge in [0.05, 0.1) is 5.92 Å². The summed E-state index contributed by atoms with van der Waals surface area (Å²) < 4.78 is 0. The van der Waals surface area contributed by atoms with Crippen LogP contribution >= 0.6 is 12.4 Å². The van der Waals surface area contributed by atoms with Gasteiger partial charge in [0.1, 0.15) is 0 Å².